The summed E-state index contributed by atoms with van der Waals surface area (Å²) in [7, 11) is 0. The van der Waals surface area contributed by atoms with E-state index in [1.54, 1.807) is 6.08 Å². The molecule has 0 aromatic heterocycles. The Balaban J connectivity index is 3.44. The number of nitrogens with zero attached hydrogens (tertiary/aromatic N) is 1. The summed E-state index contributed by atoms with van der Waals surface area (Å²) >= 11 is 0. The van der Waals surface area contributed by atoms with Gasteiger partial charge in [0.2, 0.25) is 0 Å². The fraction of sp³-hybridized carbons (Fsp3) is 0.462. The minimum absolute atomic E-state index is 0.00962. The average Bonchev–Trinajstić information content (AvgIpc) is 2.69. The molecule has 0 amide bonds. The molecule has 0 saturated carbocycles. The molecule has 1 rings (SSSR count). The smallest absolute Gasteiger partial charge is 0.123 e. The van der Waals surface area contributed by atoms with E-state index in [0.29, 0.717) is 18.7 Å². The molecule has 1 N–H and O–H groups in total. The quantitative estimate of drug-likeness (QED) is 0.326. The van der Waals surface area contributed by atoms with E-state index in [-0.39, 0.29) is 12.5 Å². The van der Waals surface area contributed by atoms with Crippen LogP contribution in [0.1, 0.15) is 58.1 Å². The molecule has 1 unspecified atom stereocenters. The van der Waals surface area contributed by atoms with Gasteiger partial charge >= 0.3 is 0 Å². The summed E-state index contributed by atoms with van der Waals surface area (Å²) in [5.41, 5.74) is 3.17. The van der Waals surface area contributed by atoms with Crippen molar-refractivity contribution in [1.82, 2.24) is 4.90 Å². The summed E-state index contributed by atoms with van der Waals surface area (Å²) in [6.07, 6.45) is 10.8. The van der Waals surface area contributed by atoms with Gasteiger partial charge in [-0.25, -0.2) is 0 Å². The van der Waals surface area contributed by atoms with Crippen molar-refractivity contribution in [2.75, 3.05) is 13.2 Å². The Morgan fingerprint density at radius 1 is 1.17 bits per heavy atom. The summed E-state index contributed by atoms with van der Waals surface area (Å²) in [4.78, 5) is 2.51. The van der Waals surface area contributed by atoms with Crippen LogP contribution in [0.3, 0.4) is 0 Å². The summed E-state index contributed by atoms with van der Waals surface area (Å²) in [6, 6.07) is 6.90. The van der Waals surface area contributed by atoms with Crippen molar-refractivity contribution in [2.24, 2.45) is 0 Å². The van der Waals surface area contributed by atoms with Gasteiger partial charge in [0.25, 0.3) is 0 Å². The number of aliphatic hydroxyl groups is 1. The lowest BCUT2D eigenvalue weighted by Crippen LogP contribution is -2.38. The zero-order chi connectivity index (χ0) is 21.8. The van der Waals surface area contributed by atoms with Crippen molar-refractivity contribution in [3.8, 4) is 5.75 Å². The van der Waals surface area contributed by atoms with Crippen LogP contribution in [0.15, 0.2) is 67.3 Å². The molecule has 0 saturated heterocycles. The van der Waals surface area contributed by atoms with Crippen LogP contribution in [-0.4, -0.2) is 35.2 Å². The first-order valence-electron chi connectivity index (χ1n) is 10.6. The minimum atomic E-state index is 0.00962. The molecule has 0 aliphatic heterocycles. The summed E-state index contributed by atoms with van der Waals surface area (Å²) in [5, 5.41) is 9.71. The van der Waals surface area contributed by atoms with Gasteiger partial charge < -0.3 is 9.84 Å². The van der Waals surface area contributed by atoms with Crippen LogP contribution in [0.4, 0.5) is 0 Å². The molecule has 160 valence electrons. The molecule has 3 heteroatoms. The van der Waals surface area contributed by atoms with E-state index >= 15 is 0 Å². The third kappa shape index (κ3) is 7.68. The highest BCUT2D eigenvalue weighted by Crippen LogP contribution is 2.37. The van der Waals surface area contributed by atoms with Crippen LogP contribution < -0.4 is 4.74 Å². The standard InChI is InChI=1S/C26H39NO2/c1-8-11-23(12-9-2)24(15-16-27(20(4)5)21(6)7)25-18-22(19-28)13-14-26(25)29-17-10-3/h8-14,18,20-21,24,28H,1,3,15-17,19H2,2,4-7H3/b12-9-,23-11+. The molecule has 0 aliphatic carbocycles. The predicted molar refractivity (Wildman–Crippen MR) is 125 cm³/mol. The predicted octanol–water partition coefficient (Wildman–Crippen LogP) is 6.02. The Kier molecular flexibility index (Phi) is 11.3. The van der Waals surface area contributed by atoms with Crippen LogP contribution >= 0.6 is 0 Å². The number of hydrogen-bond acceptors (Lipinski definition) is 3. The van der Waals surface area contributed by atoms with E-state index in [0.717, 1.165) is 29.8 Å². The molecule has 1 aromatic carbocycles. The van der Waals surface area contributed by atoms with Crippen molar-refractivity contribution in [1.29, 1.82) is 0 Å². The van der Waals surface area contributed by atoms with Crippen molar-refractivity contribution in [3.63, 3.8) is 0 Å². The Hall–Kier alpha value is -2.10. The van der Waals surface area contributed by atoms with Gasteiger partial charge in [-0.2, -0.15) is 0 Å². The first kappa shape index (κ1) is 24.9. The number of benzene rings is 1. The third-order valence-electron chi connectivity index (χ3n) is 5.06. The van der Waals surface area contributed by atoms with E-state index in [1.165, 1.54) is 5.57 Å². The number of allylic oxidation sites excluding steroid dienone is 5. The maximum absolute atomic E-state index is 9.71. The van der Waals surface area contributed by atoms with Gasteiger partial charge in [0.05, 0.1) is 6.61 Å². The van der Waals surface area contributed by atoms with E-state index in [2.05, 4.69) is 70.0 Å². The molecule has 1 aromatic rings. The Bertz CT molecular complexity index is 693. The van der Waals surface area contributed by atoms with E-state index < -0.39 is 0 Å². The second-order valence-electron chi connectivity index (χ2n) is 7.80. The van der Waals surface area contributed by atoms with Crippen LogP contribution in [0.2, 0.25) is 0 Å². The summed E-state index contributed by atoms with van der Waals surface area (Å²) < 4.78 is 5.98. The zero-order valence-corrected chi connectivity index (χ0v) is 18.9. The first-order valence-corrected chi connectivity index (χ1v) is 10.6. The van der Waals surface area contributed by atoms with Gasteiger partial charge in [0.1, 0.15) is 12.4 Å². The molecule has 0 bridgehead atoms. The van der Waals surface area contributed by atoms with Gasteiger partial charge in [0, 0.05) is 23.6 Å². The number of aliphatic hydroxyl groups excluding tert-OH is 1. The van der Waals surface area contributed by atoms with Gasteiger partial charge in [-0.3, -0.25) is 4.90 Å². The van der Waals surface area contributed by atoms with Crippen molar-refractivity contribution < 1.29 is 9.84 Å². The van der Waals surface area contributed by atoms with Crippen LogP contribution in [0.5, 0.6) is 5.75 Å². The molecule has 1 atom stereocenters. The van der Waals surface area contributed by atoms with Crippen molar-refractivity contribution in [2.45, 2.75) is 65.6 Å². The molecule has 0 fully saturated rings. The third-order valence-corrected chi connectivity index (χ3v) is 5.06. The maximum Gasteiger partial charge on any atom is 0.123 e. The number of ether oxygens (including phenoxy) is 1. The molecule has 0 aliphatic rings. The fourth-order valence-corrected chi connectivity index (χ4v) is 3.76. The number of hydrogen-bond donors (Lipinski definition) is 1. The van der Waals surface area contributed by atoms with Crippen molar-refractivity contribution >= 4 is 0 Å². The van der Waals surface area contributed by atoms with Crippen LogP contribution in [-0.2, 0) is 6.61 Å². The van der Waals surface area contributed by atoms with Crippen LogP contribution in [0.25, 0.3) is 0 Å². The van der Waals surface area contributed by atoms with E-state index in [1.807, 2.05) is 25.1 Å². The van der Waals surface area contributed by atoms with E-state index in [4.69, 9.17) is 4.74 Å². The lowest BCUT2D eigenvalue weighted by molar-refractivity contribution is 0.170. The molecular weight excluding hydrogens is 358 g/mol. The van der Waals surface area contributed by atoms with Gasteiger partial charge in [-0.15, -0.1) is 0 Å². The second-order valence-corrected chi connectivity index (χ2v) is 7.80. The summed E-state index contributed by atoms with van der Waals surface area (Å²) in [6.45, 7) is 20.1. The average molecular weight is 398 g/mol. The monoisotopic (exact) mass is 397 g/mol. The van der Waals surface area contributed by atoms with Gasteiger partial charge in [0.15, 0.2) is 0 Å². The Morgan fingerprint density at radius 3 is 2.38 bits per heavy atom. The molecule has 0 radical (unpaired) electrons. The largest absolute Gasteiger partial charge is 0.489 e. The zero-order valence-electron chi connectivity index (χ0n) is 18.9. The van der Waals surface area contributed by atoms with Gasteiger partial charge in [-0.05, 0) is 70.9 Å². The lowest BCUT2D eigenvalue weighted by Gasteiger charge is -2.32. The second kappa shape index (κ2) is 13.2. The first-order chi connectivity index (χ1) is 13.9. The topological polar surface area (TPSA) is 32.7 Å². The fourth-order valence-electron chi connectivity index (χ4n) is 3.76. The number of rotatable bonds is 13. The maximum atomic E-state index is 9.71. The SMILES string of the molecule is C=C/C=C(\C=C/C)C(CCN(C(C)C)C(C)C)c1cc(CO)ccc1OCC=C. The highest BCUT2D eigenvalue weighted by atomic mass is 16.5. The molecular formula is C26H39NO2. The van der Waals surface area contributed by atoms with Crippen LogP contribution in [0, 0.1) is 0 Å². The molecule has 0 spiro atoms. The normalized spacial score (nSPS) is 13.5. The highest BCUT2D eigenvalue weighted by molar-refractivity contribution is 5.46. The Morgan fingerprint density at radius 2 is 1.86 bits per heavy atom. The Labute approximate surface area is 178 Å². The molecule has 29 heavy (non-hydrogen) atoms. The molecule has 3 nitrogen and oxygen atoms in total. The lowest BCUT2D eigenvalue weighted by atomic mass is 9.85. The van der Waals surface area contributed by atoms with Gasteiger partial charge in [-0.1, -0.05) is 49.6 Å². The molecule has 0 heterocycles. The highest BCUT2D eigenvalue weighted by Gasteiger charge is 2.22. The van der Waals surface area contributed by atoms with Crippen molar-refractivity contribution in [3.05, 3.63) is 78.4 Å². The van der Waals surface area contributed by atoms with E-state index in [9.17, 15) is 5.11 Å². The minimum Gasteiger partial charge on any atom is -0.489 e. The summed E-state index contributed by atoms with van der Waals surface area (Å²) in [5.74, 6) is 0.975.